The average molecular weight is 379 g/mol. The van der Waals surface area contributed by atoms with Crippen LogP contribution in [-0.4, -0.2) is 49.2 Å². The van der Waals surface area contributed by atoms with Crippen molar-refractivity contribution in [1.29, 1.82) is 0 Å². The minimum atomic E-state index is -1.78. The molecule has 1 aromatic carbocycles. The highest BCUT2D eigenvalue weighted by Crippen LogP contribution is 2.31. The van der Waals surface area contributed by atoms with Gasteiger partial charge < -0.3 is 19.7 Å². The lowest BCUT2D eigenvalue weighted by Crippen LogP contribution is -2.44. The van der Waals surface area contributed by atoms with Gasteiger partial charge in [-0.05, 0) is 5.56 Å². The number of aromatic nitrogens is 2. The smallest absolute Gasteiger partial charge is 0.344 e. The lowest BCUT2D eigenvalue weighted by atomic mass is 10.1. The van der Waals surface area contributed by atoms with Crippen LogP contribution in [0.5, 0.6) is 0 Å². The first-order valence-electron chi connectivity index (χ1n) is 8.00. The Hall–Kier alpha value is -2.86. The fourth-order valence-corrected chi connectivity index (χ4v) is 2.81. The van der Waals surface area contributed by atoms with Crippen molar-refractivity contribution in [3.63, 3.8) is 0 Å². The average Bonchev–Trinajstić information content (AvgIpc) is 2.92. The molecule has 0 bridgehead atoms. The Kier molecular flexibility index (Phi) is 5.46. The van der Waals surface area contributed by atoms with E-state index in [-0.39, 0.29) is 6.61 Å². The predicted molar refractivity (Wildman–Crippen MR) is 89.3 cm³/mol. The maximum Gasteiger partial charge on any atom is 0.344 e. The fourth-order valence-electron chi connectivity index (χ4n) is 2.81. The van der Waals surface area contributed by atoms with E-state index >= 15 is 0 Å². The number of H-pyrrole nitrogens is 1. The molecule has 0 spiro atoms. The Morgan fingerprint density at radius 2 is 1.93 bits per heavy atom. The van der Waals surface area contributed by atoms with E-state index in [4.69, 9.17) is 9.47 Å². The Morgan fingerprint density at radius 3 is 2.56 bits per heavy atom. The molecule has 1 saturated heterocycles. The number of hydrogen-bond donors (Lipinski definition) is 3. The molecule has 27 heavy (non-hydrogen) atoms. The fraction of sp³-hybridized carbons (Fsp3) is 0.375. The summed E-state index contributed by atoms with van der Waals surface area (Å²) in [4.78, 5) is 35.6. The third kappa shape index (κ3) is 3.95. The Bertz CT molecular complexity index is 912. The molecule has 5 atom stereocenters. The summed E-state index contributed by atoms with van der Waals surface area (Å²) in [7, 11) is 0. The van der Waals surface area contributed by atoms with Crippen LogP contribution in [0.1, 0.15) is 11.8 Å². The van der Waals surface area contributed by atoms with Crippen LogP contribution in [0, 0.1) is 10.1 Å². The molecule has 1 aliphatic rings. The zero-order valence-corrected chi connectivity index (χ0v) is 13.9. The van der Waals surface area contributed by atoms with E-state index in [9.17, 15) is 29.9 Å². The van der Waals surface area contributed by atoms with Crippen LogP contribution in [-0.2, 0) is 16.1 Å². The second kappa shape index (κ2) is 7.80. The van der Waals surface area contributed by atoms with Crippen molar-refractivity contribution < 1.29 is 24.6 Å². The third-order valence-electron chi connectivity index (χ3n) is 4.15. The first-order chi connectivity index (χ1) is 12.9. The Labute approximate surface area is 151 Å². The molecule has 11 nitrogen and oxygen atoms in total. The summed E-state index contributed by atoms with van der Waals surface area (Å²) in [6, 6.07) is 9.70. The molecule has 0 aliphatic carbocycles. The summed E-state index contributed by atoms with van der Waals surface area (Å²) in [6.07, 6.45) is -6.98. The van der Waals surface area contributed by atoms with Crippen molar-refractivity contribution in [1.82, 2.24) is 9.55 Å². The van der Waals surface area contributed by atoms with Crippen LogP contribution in [0.15, 0.2) is 52.2 Å². The standard InChI is InChI=1S/C16H17N3O8/c20-10-6-7-18(16(23)17-10)14-12(22)11(21)13(27-14)15(19(24)25)26-8-9-4-2-1-3-5-9/h1-7,11-15,21-22H,8H2,(H,17,20,23)/t11-,12+,13-,14+,15?/m0/s1. The minimum absolute atomic E-state index is 0.113. The molecule has 3 rings (SSSR count). The number of nitro groups is 1. The number of rotatable bonds is 6. The van der Waals surface area contributed by atoms with E-state index in [0.717, 1.165) is 16.8 Å². The SMILES string of the molecule is O=c1ccn([C@@H]2O[C@H](C(OCc3ccccc3)[N+](=O)[O-])[C@@H](O)[C@H]2O)c(=O)[nH]1. The maximum atomic E-state index is 11.9. The molecular weight excluding hydrogens is 362 g/mol. The number of aromatic amines is 1. The van der Waals surface area contributed by atoms with Gasteiger partial charge in [-0.3, -0.25) is 24.5 Å². The zero-order valence-electron chi connectivity index (χ0n) is 13.9. The normalized spacial score (nSPS) is 26.0. The molecule has 144 valence electrons. The van der Waals surface area contributed by atoms with Gasteiger partial charge in [-0.2, -0.15) is 0 Å². The molecule has 1 aromatic heterocycles. The topological polar surface area (TPSA) is 157 Å². The number of nitrogens with one attached hydrogen (secondary N) is 1. The van der Waals surface area contributed by atoms with Gasteiger partial charge >= 0.3 is 11.9 Å². The van der Waals surface area contributed by atoms with Crippen LogP contribution >= 0.6 is 0 Å². The number of ether oxygens (including phenoxy) is 2. The van der Waals surface area contributed by atoms with Gasteiger partial charge in [-0.25, -0.2) is 4.79 Å². The summed E-state index contributed by atoms with van der Waals surface area (Å²) in [5.41, 5.74) is -0.872. The number of benzene rings is 1. The van der Waals surface area contributed by atoms with Crippen LogP contribution < -0.4 is 11.2 Å². The molecule has 3 N–H and O–H groups in total. The summed E-state index contributed by atoms with van der Waals surface area (Å²) in [5, 5.41) is 31.8. The molecule has 0 radical (unpaired) electrons. The van der Waals surface area contributed by atoms with Crippen molar-refractivity contribution in [2.24, 2.45) is 0 Å². The number of aliphatic hydroxyl groups is 2. The van der Waals surface area contributed by atoms with Gasteiger partial charge in [0, 0.05) is 12.3 Å². The van der Waals surface area contributed by atoms with Crippen molar-refractivity contribution in [2.45, 2.75) is 37.4 Å². The number of nitrogens with zero attached hydrogens (tertiary/aromatic N) is 2. The summed E-state index contributed by atoms with van der Waals surface area (Å²) in [5.74, 6) is 0. The van der Waals surface area contributed by atoms with Crippen molar-refractivity contribution in [3.05, 3.63) is 79.1 Å². The third-order valence-corrected chi connectivity index (χ3v) is 4.15. The monoisotopic (exact) mass is 379 g/mol. The molecular formula is C16H17N3O8. The van der Waals surface area contributed by atoms with Gasteiger partial charge in [0.1, 0.15) is 12.2 Å². The van der Waals surface area contributed by atoms with E-state index in [1.165, 1.54) is 0 Å². The molecule has 11 heteroatoms. The van der Waals surface area contributed by atoms with E-state index < -0.39 is 46.9 Å². The van der Waals surface area contributed by atoms with Crippen molar-refractivity contribution >= 4 is 0 Å². The largest absolute Gasteiger partial charge is 0.387 e. The van der Waals surface area contributed by atoms with Crippen molar-refractivity contribution in [2.75, 3.05) is 0 Å². The van der Waals surface area contributed by atoms with Crippen LogP contribution in [0.2, 0.25) is 0 Å². The maximum absolute atomic E-state index is 11.9. The highest BCUT2D eigenvalue weighted by molar-refractivity contribution is 5.13. The summed E-state index contributed by atoms with van der Waals surface area (Å²) >= 11 is 0. The molecule has 1 fully saturated rings. The molecule has 1 aliphatic heterocycles. The highest BCUT2D eigenvalue weighted by atomic mass is 16.7. The van der Waals surface area contributed by atoms with Gasteiger partial charge in [-0.1, -0.05) is 30.3 Å². The quantitative estimate of drug-likeness (QED) is 0.327. The van der Waals surface area contributed by atoms with Crippen LogP contribution in [0.25, 0.3) is 0 Å². The molecule has 2 aromatic rings. The van der Waals surface area contributed by atoms with Gasteiger partial charge in [0.2, 0.25) is 0 Å². The first-order valence-corrected chi connectivity index (χ1v) is 8.00. The van der Waals surface area contributed by atoms with Crippen LogP contribution in [0.4, 0.5) is 0 Å². The summed E-state index contributed by atoms with van der Waals surface area (Å²) < 4.78 is 11.5. The second-order valence-electron chi connectivity index (χ2n) is 5.96. The zero-order chi connectivity index (χ0) is 19.6. The lowest BCUT2D eigenvalue weighted by Gasteiger charge is -2.19. The van der Waals surface area contributed by atoms with Gasteiger partial charge in [-0.15, -0.1) is 0 Å². The number of hydrogen-bond acceptors (Lipinski definition) is 8. The molecule has 1 unspecified atom stereocenters. The highest BCUT2D eigenvalue weighted by Gasteiger charge is 2.52. The van der Waals surface area contributed by atoms with Gasteiger partial charge in [0.25, 0.3) is 5.56 Å². The second-order valence-corrected chi connectivity index (χ2v) is 5.96. The van der Waals surface area contributed by atoms with Gasteiger partial charge in [0.05, 0.1) is 11.5 Å². The predicted octanol–water partition coefficient (Wildman–Crippen LogP) is -1.02. The summed E-state index contributed by atoms with van der Waals surface area (Å²) in [6.45, 7) is -0.113. The molecule has 0 amide bonds. The molecule has 0 saturated carbocycles. The minimum Gasteiger partial charge on any atom is -0.387 e. The van der Waals surface area contributed by atoms with Crippen LogP contribution in [0.3, 0.4) is 0 Å². The lowest BCUT2D eigenvalue weighted by molar-refractivity contribution is -0.592. The van der Waals surface area contributed by atoms with Gasteiger partial charge in [0.15, 0.2) is 12.3 Å². The van der Waals surface area contributed by atoms with E-state index in [1.54, 1.807) is 30.3 Å². The Morgan fingerprint density at radius 1 is 1.22 bits per heavy atom. The van der Waals surface area contributed by atoms with E-state index in [1.807, 2.05) is 4.98 Å². The van der Waals surface area contributed by atoms with Crippen molar-refractivity contribution in [3.8, 4) is 0 Å². The van der Waals surface area contributed by atoms with E-state index in [0.29, 0.717) is 5.56 Å². The Balaban J connectivity index is 1.80. The van der Waals surface area contributed by atoms with E-state index in [2.05, 4.69) is 0 Å². The molecule has 2 heterocycles. The number of aliphatic hydroxyl groups excluding tert-OH is 2. The first kappa shape index (κ1) is 18.9.